The molecule has 2 amide bonds. The van der Waals surface area contributed by atoms with Crippen molar-refractivity contribution >= 4 is 22.5 Å². The van der Waals surface area contributed by atoms with Gasteiger partial charge in [-0.15, -0.1) is 11.3 Å². The molecule has 1 aliphatic heterocycles. The van der Waals surface area contributed by atoms with Crippen LogP contribution in [0.25, 0.3) is 0 Å². The molecule has 0 aliphatic carbocycles. The Hall–Kier alpha value is -1.30. The molecule has 1 aromatic heterocycles. The molecule has 5 nitrogen and oxygen atoms in total. The molecule has 0 spiro atoms. The van der Waals surface area contributed by atoms with E-state index < -0.39 is 0 Å². The zero-order chi connectivity index (χ0) is 10.7. The second-order valence-electron chi connectivity index (χ2n) is 3.58. The van der Waals surface area contributed by atoms with Crippen LogP contribution in [0.15, 0.2) is 11.6 Å². The van der Waals surface area contributed by atoms with Crippen molar-refractivity contribution in [3.05, 3.63) is 11.6 Å². The Morgan fingerprint density at radius 3 is 2.87 bits per heavy atom. The average molecular weight is 226 g/mol. The number of nitrogens with zero attached hydrogens (tertiary/aromatic N) is 2. The topological polar surface area (TPSA) is 71.2 Å². The number of hydrogen-bond donors (Lipinski definition) is 2. The fraction of sp³-hybridized carbons (Fsp3) is 0.556. The third-order valence-corrected chi connectivity index (χ3v) is 3.27. The smallest absolute Gasteiger partial charge is 0.314 e. The summed E-state index contributed by atoms with van der Waals surface area (Å²) < 4.78 is 0. The molecule has 2 heterocycles. The highest BCUT2D eigenvalue weighted by Gasteiger charge is 2.21. The zero-order valence-corrected chi connectivity index (χ0v) is 9.17. The molecule has 0 saturated carbocycles. The summed E-state index contributed by atoms with van der Waals surface area (Å²) in [6.45, 7) is 1.47. The van der Waals surface area contributed by atoms with Crippen LogP contribution in [-0.4, -0.2) is 35.0 Å². The Morgan fingerprint density at radius 1 is 1.60 bits per heavy atom. The first-order valence-electron chi connectivity index (χ1n) is 4.96. The van der Waals surface area contributed by atoms with Crippen LogP contribution in [0.3, 0.4) is 0 Å². The van der Waals surface area contributed by atoms with Crippen LogP contribution < -0.4 is 11.1 Å². The van der Waals surface area contributed by atoms with Crippen LogP contribution in [0, 0.1) is 0 Å². The Balaban J connectivity index is 1.81. The molecule has 1 aliphatic rings. The fourth-order valence-corrected chi connectivity index (χ4v) is 2.32. The number of nitrogens with two attached hydrogens (primary N) is 1. The maximum absolute atomic E-state index is 10.9. The molecule has 0 bridgehead atoms. The van der Waals surface area contributed by atoms with Gasteiger partial charge in [0.2, 0.25) is 0 Å². The third-order valence-electron chi connectivity index (χ3n) is 2.57. The molecule has 6 heteroatoms. The third kappa shape index (κ3) is 2.59. The van der Waals surface area contributed by atoms with E-state index >= 15 is 0 Å². The van der Waals surface area contributed by atoms with E-state index in [1.165, 1.54) is 0 Å². The number of urea groups is 1. The first kappa shape index (κ1) is 10.2. The fourth-order valence-electron chi connectivity index (χ4n) is 1.71. The Labute approximate surface area is 92.3 Å². The predicted molar refractivity (Wildman–Crippen MR) is 59.9 cm³/mol. The standard InChI is InChI=1S/C9H14N4OS/c10-8(14)13-4-1-7(2-5-13)12-9-11-3-6-15-9/h3,6-7H,1-2,4-5H2,(H2,10,14)(H,11,12). The molecule has 82 valence electrons. The molecule has 1 aromatic rings. The van der Waals surface area contributed by atoms with Crippen LogP contribution in [0.4, 0.5) is 9.93 Å². The molecular formula is C9H14N4OS. The summed E-state index contributed by atoms with van der Waals surface area (Å²) in [5, 5.41) is 6.25. The second-order valence-corrected chi connectivity index (χ2v) is 4.48. The van der Waals surface area contributed by atoms with Crippen LogP contribution in [-0.2, 0) is 0 Å². The quantitative estimate of drug-likeness (QED) is 0.793. The van der Waals surface area contributed by atoms with Gasteiger partial charge in [-0.2, -0.15) is 0 Å². The Morgan fingerprint density at radius 2 is 2.33 bits per heavy atom. The number of anilines is 1. The molecule has 2 rings (SSSR count). The minimum Gasteiger partial charge on any atom is -0.359 e. The van der Waals surface area contributed by atoms with Gasteiger partial charge in [0.1, 0.15) is 0 Å². The van der Waals surface area contributed by atoms with Crippen molar-refractivity contribution in [2.45, 2.75) is 18.9 Å². The number of rotatable bonds is 2. The number of thiazole rings is 1. The largest absolute Gasteiger partial charge is 0.359 e. The molecule has 0 aromatic carbocycles. The van der Waals surface area contributed by atoms with E-state index in [1.807, 2.05) is 5.38 Å². The highest BCUT2D eigenvalue weighted by Crippen LogP contribution is 2.17. The van der Waals surface area contributed by atoms with E-state index in [1.54, 1.807) is 22.4 Å². The number of primary amides is 1. The molecule has 3 N–H and O–H groups in total. The van der Waals surface area contributed by atoms with Gasteiger partial charge in [-0.1, -0.05) is 0 Å². The summed E-state index contributed by atoms with van der Waals surface area (Å²) in [5.74, 6) is 0. The van der Waals surface area contributed by atoms with Gasteiger partial charge in [-0.25, -0.2) is 9.78 Å². The number of hydrogen-bond acceptors (Lipinski definition) is 4. The minimum absolute atomic E-state index is 0.317. The number of nitrogens with one attached hydrogen (secondary N) is 1. The van der Waals surface area contributed by atoms with Crippen LogP contribution in [0.5, 0.6) is 0 Å². The SMILES string of the molecule is NC(=O)N1CCC(Nc2nccs2)CC1. The summed E-state index contributed by atoms with van der Waals surface area (Å²) in [4.78, 5) is 16.7. The molecule has 15 heavy (non-hydrogen) atoms. The minimum atomic E-state index is -0.317. The van der Waals surface area contributed by atoms with E-state index in [4.69, 9.17) is 5.73 Å². The maximum atomic E-state index is 10.9. The summed E-state index contributed by atoms with van der Waals surface area (Å²) in [5.41, 5.74) is 5.20. The lowest BCUT2D eigenvalue weighted by Crippen LogP contribution is -2.44. The van der Waals surface area contributed by atoms with Gasteiger partial charge in [0.25, 0.3) is 0 Å². The van der Waals surface area contributed by atoms with Gasteiger partial charge in [0.15, 0.2) is 5.13 Å². The van der Waals surface area contributed by atoms with E-state index in [0.717, 1.165) is 31.1 Å². The molecule has 0 atom stereocenters. The van der Waals surface area contributed by atoms with Crippen molar-refractivity contribution < 1.29 is 4.79 Å². The van der Waals surface area contributed by atoms with Crippen LogP contribution in [0.2, 0.25) is 0 Å². The van der Waals surface area contributed by atoms with Crippen molar-refractivity contribution in [1.29, 1.82) is 0 Å². The van der Waals surface area contributed by atoms with E-state index in [0.29, 0.717) is 6.04 Å². The Kier molecular flexibility index (Phi) is 3.05. The van der Waals surface area contributed by atoms with Crippen molar-refractivity contribution in [1.82, 2.24) is 9.88 Å². The first-order chi connectivity index (χ1) is 7.25. The van der Waals surface area contributed by atoms with Crippen LogP contribution >= 0.6 is 11.3 Å². The lowest BCUT2D eigenvalue weighted by Gasteiger charge is -2.30. The summed E-state index contributed by atoms with van der Waals surface area (Å²) in [7, 11) is 0. The Bertz CT molecular complexity index is 319. The molecular weight excluding hydrogens is 212 g/mol. The molecule has 0 radical (unpaired) electrons. The number of carbonyl (C=O) groups is 1. The zero-order valence-electron chi connectivity index (χ0n) is 8.35. The van der Waals surface area contributed by atoms with E-state index in [9.17, 15) is 4.79 Å². The van der Waals surface area contributed by atoms with Crippen molar-refractivity contribution in [3.8, 4) is 0 Å². The number of amides is 2. The van der Waals surface area contributed by atoms with E-state index in [2.05, 4.69) is 10.3 Å². The molecule has 1 fully saturated rings. The number of carbonyl (C=O) groups excluding carboxylic acids is 1. The van der Waals surface area contributed by atoms with Gasteiger partial charge >= 0.3 is 6.03 Å². The first-order valence-corrected chi connectivity index (χ1v) is 5.84. The molecule has 0 unspecified atom stereocenters. The van der Waals surface area contributed by atoms with Gasteiger partial charge in [-0.05, 0) is 12.8 Å². The van der Waals surface area contributed by atoms with Gasteiger partial charge < -0.3 is 16.0 Å². The van der Waals surface area contributed by atoms with Gasteiger partial charge in [0.05, 0.1) is 0 Å². The van der Waals surface area contributed by atoms with Crippen molar-refractivity contribution in [3.63, 3.8) is 0 Å². The highest BCUT2D eigenvalue weighted by atomic mass is 32.1. The lowest BCUT2D eigenvalue weighted by atomic mass is 10.1. The lowest BCUT2D eigenvalue weighted by molar-refractivity contribution is 0.193. The summed E-state index contributed by atoms with van der Waals surface area (Å²) in [6.07, 6.45) is 3.65. The number of aromatic nitrogens is 1. The maximum Gasteiger partial charge on any atom is 0.314 e. The second kappa shape index (κ2) is 4.48. The summed E-state index contributed by atoms with van der Waals surface area (Å²) in [6, 6.07) is 0.0921. The predicted octanol–water partition coefficient (Wildman–Crippen LogP) is 1.10. The van der Waals surface area contributed by atoms with E-state index in [-0.39, 0.29) is 6.03 Å². The van der Waals surface area contributed by atoms with Crippen LogP contribution in [0.1, 0.15) is 12.8 Å². The number of piperidine rings is 1. The summed E-state index contributed by atoms with van der Waals surface area (Å²) >= 11 is 1.60. The number of likely N-dealkylation sites (tertiary alicyclic amines) is 1. The normalized spacial score (nSPS) is 17.7. The van der Waals surface area contributed by atoms with Gasteiger partial charge in [0, 0.05) is 30.7 Å². The van der Waals surface area contributed by atoms with Crippen molar-refractivity contribution in [2.24, 2.45) is 5.73 Å². The average Bonchev–Trinajstić information content (AvgIpc) is 2.71. The molecule has 1 saturated heterocycles. The monoisotopic (exact) mass is 226 g/mol. The highest BCUT2D eigenvalue weighted by molar-refractivity contribution is 7.13. The van der Waals surface area contributed by atoms with Gasteiger partial charge in [-0.3, -0.25) is 0 Å². The van der Waals surface area contributed by atoms with Crippen molar-refractivity contribution in [2.75, 3.05) is 18.4 Å².